The van der Waals surface area contributed by atoms with Crippen LogP contribution in [0.3, 0.4) is 0 Å². The topological polar surface area (TPSA) is 73.1 Å². The van der Waals surface area contributed by atoms with Gasteiger partial charge in [0.2, 0.25) is 0 Å². The van der Waals surface area contributed by atoms with E-state index in [0.29, 0.717) is 10.6 Å². The standard InChI is InChI=1S/C11H15ClN2O3S/c12-10-4-2-1-3-9(10)11(13-17)14(7-18)5-8(16)6-15/h1-4,8,11,15-16,18H,5-7H2. The molecule has 0 aliphatic rings. The lowest BCUT2D eigenvalue weighted by molar-refractivity contribution is 0.0529. The molecule has 0 saturated heterocycles. The molecule has 0 aromatic heterocycles. The van der Waals surface area contributed by atoms with Crippen molar-refractivity contribution in [3.63, 3.8) is 0 Å². The van der Waals surface area contributed by atoms with Gasteiger partial charge in [0.05, 0.1) is 12.7 Å². The average Bonchev–Trinajstić information content (AvgIpc) is 2.40. The quantitative estimate of drug-likeness (QED) is 0.406. The zero-order valence-electron chi connectivity index (χ0n) is 9.61. The van der Waals surface area contributed by atoms with Gasteiger partial charge in [-0.05, 0) is 11.2 Å². The van der Waals surface area contributed by atoms with Crippen LogP contribution in [-0.2, 0) is 0 Å². The van der Waals surface area contributed by atoms with E-state index in [1.165, 1.54) is 4.90 Å². The maximum Gasteiger partial charge on any atom is 0.172 e. The van der Waals surface area contributed by atoms with Gasteiger partial charge in [-0.3, -0.25) is 4.90 Å². The largest absolute Gasteiger partial charge is 0.394 e. The number of nitrogens with zero attached hydrogens (tertiary/aromatic N) is 2. The molecule has 100 valence electrons. The number of nitroso groups, excluding NO2 is 1. The van der Waals surface area contributed by atoms with E-state index in [9.17, 15) is 10.0 Å². The number of rotatable bonds is 7. The summed E-state index contributed by atoms with van der Waals surface area (Å²) in [6.07, 6.45) is -1.79. The molecule has 1 rings (SSSR count). The van der Waals surface area contributed by atoms with Crippen molar-refractivity contribution in [3.8, 4) is 0 Å². The third kappa shape index (κ3) is 3.93. The number of hydrogen-bond donors (Lipinski definition) is 3. The Bertz CT molecular complexity index is 394. The Balaban J connectivity index is 2.93. The fourth-order valence-electron chi connectivity index (χ4n) is 1.57. The maximum atomic E-state index is 11.0. The molecule has 2 atom stereocenters. The van der Waals surface area contributed by atoms with Gasteiger partial charge in [-0.2, -0.15) is 12.6 Å². The fraction of sp³-hybridized carbons (Fsp3) is 0.455. The lowest BCUT2D eigenvalue weighted by Crippen LogP contribution is -2.35. The molecule has 5 nitrogen and oxygen atoms in total. The van der Waals surface area contributed by atoms with E-state index in [1.54, 1.807) is 24.3 Å². The molecule has 0 amide bonds. The van der Waals surface area contributed by atoms with E-state index in [0.717, 1.165) is 0 Å². The van der Waals surface area contributed by atoms with Crippen molar-refractivity contribution in [2.75, 3.05) is 19.0 Å². The van der Waals surface area contributed by atoms with Crippen molar-refractivity contribution in [2.45, 2.75) is 12.3 Å². The minimum absolute atomic E-state index is 0.0850. The van der Waals surface area contributed by atoms with Gasteiger partial charge in [-0.1, -0.05) is 29.8 Å². The van der Waals surface area contributed by atoms with Gasteiger partial charge in [-0.25, -0.2) is 0 Å². The Morgan fingerprint density at radius 3 is 2.61 bits per heavy atom. The molecular weight excluding hydrogens is 276 g/mol. The predicted octanol–water partition coefficient (Wildman–Crippen LogP) is 1.65. The van der Waals surface area contributed by atoms with E-state index >= 15 is 0 Å². The van der Waals surface area contributed by atoms with Crippen LogP contribution in [-0.4, -0.2) is 40.2 Å². The predicted molar refractivity (Wildman–Crippen MR) is 73.6 cm³/mol. The van der Waals surface area contributed by atoms with Gasteiger partial charge in [-0.15, -0.1) is 4.91 Å². The minimum atomic E-state index is -0.955. The molecule has 0 spiro atoms. The van der Waals surface area contributed by atoms with Crippen LogP contribution < -0.4 is 0 Å². The van der Waals surface area contributed by atoms with E-state index < -0.39 is 18.9 Å². The highest BCUT2D eigenvalue weighted by atomic mass is 35.5. The van der Waals surface area contributed by atoms with Gasteiger partial charge < -0.3 is 10.2 Å². The van der Waals surface area contributed by atoms with E-state index in [1.807, 2.05) is 0 Å². The van der Waals surface area contributed by atoms with Crippen LogP contribution in [0.25, 0.3) is 0 Å². The minimum Gasteiger partial charge on any atom is -0.394 e. The van der Waals surface area contributed by atoms with E-state index in [2.05, 4.69) is 17.8 Å². The van der Waals surface area contributed by atoms with Gasteiger partial charge >= 0.3 is 0 Å². The first-order valence-corrected chi connectivity index (χ1v) is 6.35. The summed E-state index contributed by atoms with van der Waals surface area (Å²) < 4.78 is 0. The van der Waals surface area contributed by atoms with Crippen molar-refractivity contribution in [1.82, 2.24) is 4.90 Å². The van der Waals surface area contributed by atoms with Gasteiger partial charge in [0, 0.05) is 23.0 Å². The summed E-state index contributed by atoms with van der Waals surface area (Å²) >= 11 is 10.1. The number of halogens is 1. The van der Waals surface area contributed by atoms with Crippen molar-refractivity contribution >= 4 is 24.2 Å². The summed E-state index contributed by atoms with van der Waals surface area (Å²) in [5.41, 5.74) is 0.549. The summed E-state index contributed by atoms with van der Waals surface area (Å²) in [6, 6.07) is 6.85. The Morgan fingerprint density at radius 1 is 1.44 bits per heavy atom. The smallest absolute Gasteiger partial charge is 0.172 e. The molecule has 1 aromatic carbocycles. The highest BCUT2D eigenvalue weighted by Crippen LogP contribution is 2.28. The third-order valence-corrected chi connectivity index (χ3v) is 3.17. The van der Waals surface area contributed by atoms with Crippen LogP contribution >= 0.6 is 24.2 Å². The lowest BCUT2D eigenvalue weighted by Gasteiger charge is -2.27. The van der Waals surface area contributed by atoms with Crippen LogP contribution in [0, 0.1) is 4.91 Å². The SMILES string of the molecule is O=NC(c1ccccc1Cl)N(CS)CC(O)CO. The Hall–Kier alpha value is -0.660. The fourth-order valence-corrected chi connectivity index (χ4v) is 2.07. The zero-order chi connectivity index (χ0) is 13.5. The van der Waals surface area contributed by atoms with Gasteiger partial charge in [0.25, 0.3) is 0 Å². The molecular formula is C11H15ClN2O3S. The second-order valence-electron chi connectivity index (χ2n) is 3.75. The normalized spacial score (nSPS) is 14.5. The first-order chi connectivity index (χ1) is 8.63. The van der Waals surface area contributed by atoms with Gasteiger partial charge in [0.15, 0.2) is 6.17 Å². The molecule has 0 aliphatic heterocycles. The molecule has 0 heterocycles. The number of aliphatic hydroxyl groups excluding tert-OH is 2. The first-order valence-electron chi connectivity index (χ1n) is 5.34. The first kappa shape index (κ1) is 15.4. The molecule has 2 N–H and O–H groups in total. The summed E-state index contributed by atoms with van der Waals surface area (Å²) in [6.45, 7) is -0.306. The van der Waals surface area contributed by atoms with Crippen molar-refractivity contribution in [3.05, 3.63) is 39.8 Å². The molecule has 0 bridgehead atoms. The van der Waals surface area contributed by atoms with Crippen LogP contribution in [0.15, 0.2) is 29.4 Å². The molecule has 0 radical (unpaired) electrons. The number of benzene rings is 1. The summed E-state index contributed by atoms with van der Waals surface area (Å²) in [5, 5.41) is 21.7. The molecule has 0 aliphatic carbocycles. The van der Waals surface area contributed by atoms with Crippen molar-refractivity contribution < 1.29 is 10.2 Å². The second-order valence-corrected chi connectivity index (χ2v) is 4.44. The summed E-state index contributed by atoms with van der Waals surface area (Å²) in [5.74, 6) is 0.207. The second kappa shape index (κ2) is 7.70. The number of thiol groups is 1. The highest BCUT2D eigenvalue weighted by molar-refractivity contribution is 7.80. The maximum absolute atomic E-state index is 11.0. The third-order valence-electron chi connectivity index (χ3n) is 2.47. The number of aliphatic hydroxyl groups is 2. The van der Waals surface area contributed by atoms with Crippen LogP contribution in [0.4, 0.5) is 0 Å². The van der Waals surface area contributed by atoms with Crippen molar-refractivity contribution in [1.29, 1.82) is 0 Å². The molecule has 2 unspecified atom stereocenters. The monoisotopic (exact) mass is 290 g/mol. The number of hydrogen-bond acceptors (Lipinski definition) is 6. The molecule has 1 aromatic rings. The summed E-state index contributed by atoms with van der Waals surface area (Å²) in [7, 11) is 0. The van der Waals surface area contributed by atoms with E-state index in [4.69, 9.17) is 16.7 Å². The Morgan fingerprint density at radius 2 is 2.11 bits per heavy atom. The lowest BCUT2D eigenvalue weighted by atomic mass is 10.1. The van der Waals surface area contributed by atoms with Crippen LogP contribution in [0.2, 0.25) is 5.02 Å². The Labute approximate surface area is 116 Å². The zero-order valence-corrected chi connectivity index (χ0v) is 11.3. The molecule has 0 fully saturated rings. The molecule has 18 heavy (non-hydrogen) atoms. The van der Waals surface area contributed by atoms with Gasteiger partial charge in [0.1, 0.15) is 0 Å². The molecule has 7 heteroatoms. The molecule has 0 saturated carbocycles. The highest BCUT2D eigenvalue weighted by Gasteiger charge is 2.24. The summed E-state index contributed by atoms with van der Waals surface area (Å²) in [4.78, 5) is 12.5. The average molecular weight is 291 g/mol. The van der Waals surface area contributed by atoms with Crippen LogP contribution in [0.5, 0.6) is 0 Å². The van der Waals surface area contributed by atoms with Crippen LogP contribution in [0.1, 0.15) is 11.7 Å². The van der Waals surface area contributed by atoms with Crippen molar-refractivity contribution in [2.24, 2.45) is 5.18 Å². The van der Waals surface area contributed by atoms with E-state index in [-0.39, 0.29) is 12.4 Å². The Kier molecular flexibility index (Phi) is 6.59.